The number of hydrogen-bond donors (Lipinski definition) is 0. The van der Waals surface area contributed by atoms with Gasteiger partial charge in [0.1, 0.15) is 6.79 Å². The Hall–Kier alpha value is 0.390. The zero-order valence-electron chi connectivity index (χ0n) is 9.33. The average molecular weight is 312 g/mol. The first-order valence-electron chi connectivity index (χ1n) is 5.13. The minimum Gasteiger partial charge on any atom is -0.359 e. The Kier molecular flexibility index (Phi) is 10.2. The third-order valence-corrected chi connectivity index (χ3v) is 2.62. The lowest BCUT2D eigenvalue weighted by atomic mass is 10.00. The van der Waals surface area contributed by atoms with E-state index in [1.54, 1.807) is 7.11 Å². The van der Waals surface area contributed by atoms with Gasteiger partial charge in [-0.15, -0.1) is 0 Å². The fourth-order valence-corrected chi connectivity index (χ4v) is 1.95. The van der Waals surface area contributed by atoms with Crippen LogP contribution in [0.2, 0.25) is 0 Å². The molecule has 0 amide bonds. The fraction of sp³-hybridized carbons (Fsp3) is 0.818. The van der Waals surface area contributed by atoms with E-state index in [0.29, 0.717) is 18.8 Å². The molecular formula is C11H21IO2. The van der Waals surface area contributed by atoms with Crippen LogP contribution in [-0.2, 0) is 9.47 Å². The maximum absolute atomic E-state index is 5.63. The van der Waals surface area contributed by atoms with Crippen molar-refractivity contribution in [3.05, 3.63) is 10.2 Å². The summed E-state index contributed by atoms with van der Waals surface area (Å²) in [5.74, 6) is 0.466. The third-order valence-electron chi connectivity index (χ3n) is 2.20. The summed E-state index contributed by atoms with van der Waals surface area (Å²) in [5, 5.41) is 0. The number of unbranched alkanes of at least 4 members (excludes halogenated alkanes) is 1. The molecule has 0 unspecified atom stereocenters. The maximum Gasteiger partial charge on any atom is 0.146 e. The highest BCUT2D eigenvalue weighted by molar-refractivity contribution is 14.1. The molecule has 0 aliphatic carbocycles. The SMILES string of the molecule is CCCC[C@H](OCOC)[C@@H](C)/C=C\I. The first kappa shape index (κ1) is 14.4. The monoisotopic (exact) mass is 312 g/mol. The van der Waals surface area contributed by atoms with Gasteiger partial charge >= 0.3 is 0 Å². The van der Waals surface area contributed by atoms with Crippen LogP contribution in [0.3, 0.4) is 0 Å². The van der Waals surface area contributed by atoms with Crippen molar-refractivity contribution < 1.29 is 9.47 Å². The molecular weight excluding hydrogens is 291 g/mol. The van der Waals surface area contributed by atoms with E-state index in [1.165, 1.54) is 12.8 Å². The van der Waals surface area contributed by atoms with Crippen molar-refractivity contribution in [2.75, 3.05) is 13.9 Å². The van der Waals surface area contributed by atoms with Crippen LogP contribution in [0.25, 0.3) is 0 Å². The molecule has 0 spiro atoms. The summed E-state index contributed by atoms with van der Waals surface area (Å²) in [4.78, 5) is 0. The van der Waals surface area contributed by atoms with Gasteiger partial charge in [0.15, 0.2) is 0 Å². The van der Waals surface area contributed by atoms with E-state index in [1.807, 2.05) is 0 Å². The molecule has 0 rings (SSSR count). The van der Waals surface area contributed by atoms with Gasteiger partial charge in [-0.25, -0.2) is 0 Å². The van der Waals surface area contributed by atoms with Crippen molar-refractivity contribution in [2.45, 2.75) is 39.2 Å². The highest BCUT2D eigenvalue weighted by Gasteiger charge is 2.14. The third kappa shape index (κ3) is 6.79. The largest absolute Gasteiger partial charge is 0.359 e. The molecule has 0 bridgehead atoms. The minimum absolute atomic E-state index is 0.293. The van der Waals surface area contributed by atoms with Crippen LogP contribution in [0, 0.1) is 5.92 Å². The lowest BCUT2D eigenvalue weighted by Crippen LogP contribution is -2.21. The first-order valence-corrected chi connectivity index (χ1v) is 6.38. The lowest BCUT2D eigenvalue weighted by Gasteiger charge is -2.21. The molecule has 2 nitrogen and oxygen atoms in total. The predicted molar refractivity (Wildman–Crippen MR) is 68.6 cm³/mol. The molecule has 2 atom stereocenters. The molecule has 0 fully saturated rings. The average Bonchev–Trinajstić information content (AvgIpc) is 2.18. The normalized spacial score (nSPS) is 16.0. The molecule has 0 aromatic heterocycles. The summed E-state index contributed by atoms with van der Waals surface area (Å²) in [7, 11) is 1.66. The fourth-order valence-electron chi connectivity index (χ4n) is 1.30. The highest BCUT2D eigenvalue weighted by atomic mass is 127. The van der Waals surface area contributed by atoms with Gasteiger partial charge in [0.05, 0.1) is 6.10 Å². The molecule has 0 aromatic rings. The number of ether oxygens (including phenoxy) is 2. The summed E-state index contributed by atoms with van der Waals surface area (Å²) >= 11 is 2.24. The molecule has 0 aliphatic rings. The van der Waals surface area contributed by atoms with Gasteiger partial charge in [-0.2, -0.15) is 0 Å². The maximum atomic E-state index is 5.63. The van der Waals surface area contributed by atoms with E-state index in [0.717, 1.165) is 6.42 Å². The molecule has 0 saturated carbocycles. The van der Waals surface area contributed by atoms with Crippen molar-refractivity contribution in [1.82, 2.24) is 0 Å². The number of halogens is 1. The second-order valence-corrected chi connectivity index (χ2v) is 4.15. The molecule has 0 radical (unpaired) electrons. The minimum atomic E-state index is 0.293. The number of rotatable bonds is 8. The number of hydrogen-bond acceptors (Lipinski definition) is 2. The Balaban J connectivity index is 3.93. The van der Waals surface area contributed by atoms with Crippen molar-refractivity contribution >= 4 is 22.6 Å². The standard InChI is InChI=1S/C11H21IO2/c1-4-5-6-11(14-9-13-3)10(2)7-8-12/h7-8,10-11H,4-6,9H2,1-3H3/b8-7-/t10-,11-/m0/s1. The zero-order chi connectivity index (χ0) is 10.8. The topological polar surface area (TPSA) is 18.5 Å². The van der Waals surface area contributed by atoms with E-state index in [4.69, 9.17) is 9.47 Å². The molecule has 84 valence electrons. The van der Waals surface area contributed by atoms with Crippen molar-refractivity contribution in [2.24, 2.45) is 5.92 Å². The predicted octanol–water partition coefficient (Wildman–Crippen LogP) is 3.75. The van der Waals surface area contributed by atoms with Gasteiger partial charge in [0, 0.05) is 13.0 Å². The van der Waals surface area contributed by atoms with E-state index in [2.05, 4.69) is 46.6 Å². The van der Waals surface area contributed by atoms with Gasteiger partial charge in [0.2, 0.25) is 0 Å². The summed E-state index contributed by atoms with van der Waals surface area (Å²) in [6, 6.07) is 0. The Morgan fingerprint density at radius 1 is 1.43 bits per heavy atom. The van der Waals surface area contributed by atoms with E-state index in [9.17, 15) is 0 Å². The van der Waals surface area contributed by atoms with Crippen LogP contribution in [0.5, 0.6) is 0 Å². The Bertz CT molecular complexity index is 140. The Morgan fingerprint density at radius 3 is 2.64 bits per heavy atom. The summed E-state index contributed by atoms with van der Waals surface area (Å²) in [5.41, 5.74) is 0. The summed E-state index contributed by atoms with van der Waals surface area (Å²) in [6.07, 6.45) is 6.01. The van der Waals surface area contributed by atoms with Crippen LogP contribution in [0.1, 0.15) is 33.1 Å². The van der Waals surface area contributed by atoms with E-state index < -0.39 is 0 Å². The van der Waals surface area contributed by atoms with Crippen molar-refractivity contribution in [3.8, 4) is 0 Å². The van der Waals surface area contributed by atoms with Crippen LogP contribution >= 0.6 is 22.6 Å². The molecule has 0 heterocycles. The van der Waals surface area contributed by atoms with Crippen molar-refractivity contribution in [1.29, 1.82) is 0 Å². The van der Waals surface area contributed by atoms with Crippen LogP contribution in [0.15, 0.2) is 10.2 Å². The summed E-state index contributed by atoms with van der Waals surface area (Å²) < 4.78 is 12.6. The van der Waals surface area contributed by atoms with Crippen LogP contribution in [0.4, 0.5) is 0 Å². The van der Waals surface area contributed by atoms with Gasteiger partial charge in [-0.3, -0.25) is 0 Å². The Labute approximate surface area is 101 Å². The zero-order valence-corrected chi connectivity index (χ0v) is 11.5. The highest BCUT2D eigenvalue weighted by Crippen LogP contribution is 2.16. The number of methoxy groups -OCH3 is 1. The van der Waals surface area contributed by atoms with E-state index >= 15 is 0 Å². The molecule has 0 N–H and O–H groups in total. The van der Waals surface area contributed by atoms with E-state index in [-0.39, 0.29) is 0 Å². The van der Waals surface area contributed by atoms with Gasteiger partial charge in [0.25, 0.3) is 0 Å². The van der Waals surface area contributed by atoms with Crippen LogP contribution in [-0.4, -0.2) is 20.0 Å². The van der Waals surface area contributed by atoms with Crippen LogP contribution < -0.4 is 0 Å². The van der Waals surface area contributed by atoms with Gasteiger partial charge < -0.3 is 9.47 Å². The van der Waals surface area contributed by atoms with Gasteiger partial charge in [-0.05, 0) is 10.5 Å². The Morgan fingerprint density at radius 2 is 2.14 bits per heavy atom. The second kappa shape index (κ2) is 9.93. The summed E-state index contributed by atoms with van der Waals surface area (Å²) in [6.45, 7) is 4.78. The second-order valence-electron chi connectivity index (χ2n) is 3.43. The quantitative estimate of drug-likeness (QED) is 0.502. The lowest BCUT2D eigenvalue weighted by molar-refractivity contribution is -0.0858. The molecule has 14 heavy (non-hydrogen) atoms. The van der Waals surface area contributed by atoms with Gasteiger partial charge in [-0.1, -0.05) is 55.4 Å². The molecule has 0 saturated heterocycles. The molecule has 3 heteroatoms. The molecule has 0 aromatic carbocycles. The van der Waals surface area contributed by atoms with Crippen molar-refractivity contribution in [3.63, 3.8) is 0 Å². The smallest absolute Gasteiger partial charge is 0.146 e. The molecule has 0 aliphatic heterocycles. The first-order chi connectivity index (χ1) is 6.76.